The lowest BCUT2D eigenvalue weighted by Crippen LogP contribution is -2.25. The van der Waals surface area contributed by atoms with Crippen molar-refractivity contribution in [3.8, 4) is 0 Å². The number of methoxy groups -OCH3 is 1. The number of hydrogen-bond donors (Lipinski definition) is 1. The van der Waals surface area contributed by atoms with Gasteiger partial charge >= 0.3 is 0 Å². The van der Waals surface area contributed by atoms with Crippen molar-refractivity contribution in [1.29, 1.82) is 0 Å². The van der Waals surface area contributed by atoms with Gasteiger partial charge in [-0.1, -0.05) is 25.1 Å². The largest absolute Gasteiger partial charge is 0.383 e. The van der Waals surface area contributed by atoms with Crippen LogP contribution in [0.5, 0.6) is 0 Å². The van der Waals surface area contributed by atoms with E-state index in [2.05, 4.69) is 29.4 Å². The normalized spacial score (nSPS) is 12.8. The number of likely N-dealkylation sites (N-methyl/N-ethyl adjacent to an activating group) is 1. The smallest absolute Gasteiger partial charge is 0.0705 e. The van der Waals surface area contributed by atoms with E-state index in [0.29, 0.717) is 6.61 Å². The third-order valence-electron chi connectivity index (χ3n) is 2.84. The summed E-state index contributed by atoms with van der Waals surface area (Å²) in [5.74, 6) is 0. The maximum atomic E-state index is 5.28. The Hall–Kier alpha value is -1.45. The van der Waals surface area contributed by atoms with E-state index in [1.54, 1.807) is 7.11 Å². The maximum Gasteiger partial charge on any atom is 0.0705 e. The number of aromatic nitrogens is 1. The highest BCUT2D eigenvalue weighted by Crippen LogP contribution is 2.23. The molecule has 0 bridgehead atoms. The molecule has 1 unspecified atom stereocenters. The Morgan fingerprint density at radius 1 is 1.29 bits per heavy atom. The number of fused-ring (bicyclic) bond motifs is 1. The van der Waals surface area contributed by atoms with Gasteiger partial charge in [0.05, 0.1) is 18.2 Å². The van der Waals surface area contributed by atoms with Crippen LogP contribution in [0.1, 0.15) is 18.5 Å². The van der Waals surface area contributed by atoms with Crippen molar-refractivity contribution in [3.63, 3.8) is 0 Å². The van der Waals surface area contributed by atoms with Crippen LogP contribution in [0, 0.1) is 0 Å². The van der Waals surface area contributed by atoms with Crippen molar-refractivity contribution in [1.82, 2.24) is 10.3 Å². The monoisotopic (exact) mass is 230 g/mol. The quantitative estimate of drug-likeness (QED) is 0.857. The van der Waals surface area contributed by atoms with Gasteiger partial charge in [-0.25, -0.2) is 0 Å². The van der Waals surface area contributed by atoms with E-state index in [4.69, 9.17) is 4.74 Å². The molecule has 3 nitrogen and oxygen atoms in total. The second-order valence-electron chi connectivity index (χ2n) is 3.98. The van der Waals surface area contributed by atoms with Crippen LogP contribution in [0.4, 0.5) is 0 Å². The molecule has 0 spiro atoms. The summed E-state index contributed by atoms with van der Waals surface area (Å²) < 4.78 is 5.28. The van der Waals surface area contributed by atoms with Gasteiger partial charge in [0.25, 0.3) is 0 Å². The van der Waals surface area contributed by atoms with Crippen LogP contribution in [-0.2, 0) is 4.74 Å². The number of hydrogen-bond acceptors (Lipinski definition) is 3. The van der Waals surface area contributed by atoms with Crippen LogP contribution in [0.2, 0.25) is 0 Å². The fraction of sp³-hybridized carbons (Fsp3) is 0.357. The van der Waals surface area contributed by atoms with E-state index in [1.807, 2.05) is 24.4 Å². The lowest BCUT2D eigenvalue weighted by Gasteiger charge is -2.19. The number of nitrogens with zero attached hydrogens (tertiary/aromatic N) is 1. The number of pyridine rings is 1. The molecular formula is C14H18N2O. The third-order valence-corrected chi connectivity index (χ3v) is 2.84. The fourth-order valence-electron chi connectivity index (χ4n) is 2.10. The lowest BCUT2D eigenvalue weighted by atomic mass is 10.0. The molecule has 1 heterocycles. The molecule has 2 aromatic rings. The van der Waals surface area contributed by atoms with E-state index < -0.39 is 0 Å². The Bertz CT molecular complexity index is 473. The molecule has 1 atom stereocenters. The maximum absolute atomic E-state index is 5.28. The van der Waals surface area contributed by atoms with Gasteiger partial charge < -0.3 is 10.1 Å². The predicted octanol–water partition coefficient (Wildman–Crippen LogP) is 2.53. The van der Waals surface area contributed by atoms with Crippen molar-refractivity contribution in [3.05, 3.63) is 42.1 Å². The first-order valence-corrected chi connectivity index (χ1v) is 5.92. The summed E-state index contributed by atoms with van der Waals surface area (Å²) in [6, 6.07) is 10.5. The van der Waals surface area contributed by atoms with Crippen LogP contribution in [0.15, 0.2) is 36.5 Å². The molecular weight excluding hydrogens is 212 g/mol. The van der Waals surface area contributed by atoms with E-state index >= 15 is 0 Å². The summed E-state index contributed by atoms with van der Waals surface area (Å²) in [5, 5.41) is 4.63. The van der Waals surface area contributed by atoms with E-state index in [0.717, 1.165) is 12.1 Å². The number of ether oxygens (including phenoxy) is 1. The Morgan fingerprint density at radius 2 is 2.18 bits per heavy atom. The molecule has 0 saturated heterocycles. The summed E-state index contributed by atoms with van der Waals surface area (Å²) in [7, 11) is 1.73. The van der Waals surface area contributed by atoms with E-state index in [1.165, 1.54) is 10.9 Å². The molecule has 1 aromatic heterocycles. The summed E-state index contributed by atoms with van der Waals surface area (Å²) in [6.45, 7) is 3.69. The summed E-state index contributed by atoms with van der Waals surface area (Å²) in [4.78, 5) is 4.38. The average molecular weight is 230 g/mol. The highest BCUT2D eigenvalue weighted by atomic mass is 16.5. The van der Waals surface area contributed by atoms with Gasteiger partial charge in [0.2, 0.25) is 0 Å². The first-order chi connectivity index (χ1) is 8.36. The molecule has 1 N–H and O–H groups in total. The number of benzene rings is 1. The Morgan fingerprint density at radius 3 is 2.94 bits per heavy atom. The van der Waals surface area contributed by atoms with Crippen LogP contribution < -0.4 is 5.32 Å². The number of nitrogens with one attached hydrogen (secondary N) is 1. The zero-order chi connectivity index (χ0) is 12.1. The zero-order valence-corrected chi connectivity index (χ0v) is 10.3. The Labute approximate surface area is 102 Å². The Balaban J connectivity index is 2.44. The minimum Gasteiger partial charge on any atom is -0.383 e. The van der Waals surface area contributed by atoms with Crippen molar-refractivity contribution in [2.24, 2.45) is 0 Å². The van der Waals surface area contributed by atoms with Crippen LogP contribution in [0.3, 0.4) is 0 Å². The lowest BCUT2D eigenvalue weighted by molar-refractivity contribution is 0.168. The van der Waals surface area contributed by atoms with Crippen LogP contribution in [-0.4, -0.2) is 25.2 Å². The van der Waals surface area contributed by atoms with Gasteiger partial charge in [0.1, 0.15) is 0 Å². The standard InChI is InChI=1S/C14H18N2O/c1-3-15-14(10-17-2)12-6-4-8-13-11(12)7-5-9-16-13/h4-9,14-15H,3,10H2,1-2H3. The molecule has 0 fully saturated rings. The molecule has 90 valence electrons. The molecule has 0 aliphatic rings. The molecule has 0 aliphatic carbocycles. The predicted molar refractivity (Wildman–Crippen MR) is 70.0 cm³/mol. The summed E-state index contributed by atoms with van der Waals surface area (Å²) in [6.07, 6.45) is 1.82. The van der Waals surface area contributed by atoms with Crippen molar-refractivity contribution >= 4 is 10.9 Å². The molecule has 1 aromatic carbocycles. The van der Waals surface area contributed by atoms with Crippen molar-refractivity contribution < 1.29 is 4.74 Å². The minimum atomic E-state index is 0.220. The average Bonchev–Trinajstić information content (AvgIpc) is 2.38. The van der Waals surface area contributed by atoms with E-state index in [-0.39, 0.29) is 6.04 Å². The van der Waals surface area contributed by atoms with Gasteiger partial charge in [-0.15, -0.1) is 0 Å². The number of rotatable bonds is 5. The molecule has 0 amide bonds. The molecule has 0 saturated carbocycles. The van der Waals surface area contributed by atoms with Gasteiger partial charge in [-0.3, -0.25) is 4.98 Å². The first kappa shape index (κ1) is 12.0. The molecule has 0 aliphatic heterocycles. The van der Waals surface area contributed by atoms with Gasteiger partial charge in [0.15, 0.2) is 0 Å². The van der Waals surface area contributed by atoms with Crippen molar-refractivity contribution in [2.45, 2.75) is 13.0 Å². The van der Waals surface area contributed by atoms with Gasteiger partial charge in [-0.2, -0.15) is 0 Å². The minimum absolute atomic E-state index is 0.220. The summed E-state index contributed by atoms with van der Waals surface area (Å²) in [5.41, 5.74) is 2.28. The molecule has 0 radical (unpaired) electrons. The second kappa shape index (κ2) is 5.75. The van der Waals surface area contributed by atoms with Crippen molar-refractivity contribution in [2.75, 3.05) is 20.3 Å². The highest BCUT2D eigenvalue weighted by Gasteiger charge is 2.12. The summed E-state index contributed by atoms with van der Waals surface area (Å²) >= 11 is 0. The fourth-order valence-corrected chi connectivity index (χ4v) is 2.10. The van der Waals surface area contributed by atoms with Crippen LogP contribution in [0.25, 0.3) is 10.9 Å². The van der Waals surface area contributed by atoms with Crippen LogP contribution >= 0.6 is 0 Å². The first-order valence-electron chi connectivity index (χ1n) is 5.92. The Kier molecular flexibility index (Phi) is 4.07. The highest BCUT2D eigenvalue weighted by molar-refractivity contribution is 5.82. The second-order valence-corrected chi connectivity index (χ2v) is 3.98. The van der Waals surface area contributed by atoms with E-state index in [9.17, 15) is 0 Å². The molecule has 2 rings (SSSR count). The van der Waals surface area contributed by atoms with Gasteiger partial charge in [-0.05, 0) is 24.2 Å². The SMILES string of the molecule is CCNC(COC)c1cccc2ncccc12. The third kappa shape index (κ3) is 2.62. The molecule has 17 heavy (non-hydrogen) atoms. The topological polar surface area (TPSA) is 34.1 Å². The zero-order valence-electron chi connectivity index (χ0n) is 10.3. The van der Waals surface area contributed by atoms with Gasteiger partial charge in [0, 0.05) is 18.7 Å². The molecule has 3 heteroatoms.